The number of rotatable bonds is 7. The van der Waals surface area contributed by atoms with Crippen molar-refractivity contribution in [3.8, 4) is 0 Å². The standard InChI is InChI=1S/C22H29N3O4/c1-3-10-23(13-15-5-6-15)19-9-7-16(12-20(19)25(28)29)24-21(26)17-8-4-14(2)11-18(17)22(24)27/h7,9,12,14-15,17-18H,3-6,8,10-11,13H2,1-2H3. The second-order valence-corrected chi connectivity index (χ2v) is 8.96. The van der Waals surface area contributed by atoms with Crippen molar-refractivity contribution in [1.29, 1.82) is 0 Å². The number of anilines is 2. The highest BCUT2D eigenvalue weighted by Crippen LogP contribution is 2.44. The normalized spacial score (nSPS) is 26.6. The molecule has 0 aromatic heterocycles. The molecule has 1 saturated heterocycles. The maximum absolute atomic E-state index is 13.0. The third-order valence-electron chi connectivity index (χ3n) is 6.61. The number of imide groups is 1. The molecule has 7 nitrogen and oxygen atoms in total. The van der Waals surface area contributed by atoms with Crippen molar-refractivity contribution in [3.63, 3.8) is 0 Å². The van der Waals surface area contributed by atoms with Crippen LogP contribution < -0.4 is 9.80 Å². The number of fused-ring (bicyclic) bond motifs is 1. The lowest BCUT2D eigenvalue weighted by atomic mass is 9.76. The molecular weight excluding hydrogens is 370 g/mol. The highest BCUT2D eigenvalue weighted by atomic mass is 16.6. The number of nitro groups is 1. The molecule has 2 aliphatic carbocycles. The molecule has 29 heavy (non-hydrogen) atoms. The van der Waals surface area contributed by atoms with E-state index in [-0.39, 0.29) is 29.3 Å². The van der Waals surface area contributed by atoms with E-state index in [2.05, 4.69) is 18.7 Å². The van der Waals surface area contributed by atoms with Gasteiger partial charge >= 0.3 is 0 Å². The SMILES string of the molecule is CCCN(CC1CC1)c1ccc(N2C(=O)C3CCC(C)CC3C2=O)cc1[N+](=O)[O-]. The van der Waals surface area contributed by atoms with Crippen LogP contribution in [-0.4, -0.2) is 29.8 Å². The fourth-order valence-electron chi connectivity index (χ4n) is 4.90. The van der Waals surface area contributed by atoms with Crippen LogP contribution in [0.4, 0.5) is 17.1 Å². The molecule has 0 spiro atoms. The fraction of sp³-hybridized carbons (Fsp3) is 0.636. The third kappa shape index (κ3) is 3.74. The average molecular weight is 399 g/mol. The second-order valence-electron chi connectivity index (χ2n) is 8.96. The number of carbonyl (C=O) groups is 2. The smallest absolute Gasteiger partial charge is 0.294 e. The van der Waals surface area contributed by atoms with Gasteiger partial charge in [-0.3, -0.25) is 19.7 Å². The molecule has 3 fully saturated rings. The largest absolute Gasteiger partial charge is 0.366 e. The van der Waals surface area contributed by atoms with Crippen molar-refractivity contribution in [2.24, 2.45) is 23.7 Å². The molecule has 3 unspecified atom stereocenters. The maximum atomic E-state index is 13.0. The Kier molecular flexibility index (Phi) is 5.32. The number of nitro benzene ring substituents is 1. The molecule has 0 radical (unpaired) electrons. The van der Waals surface area contributed by atoms with Crippen molar-refractivity contribution in [1.82, 2.24) is 0 Å². The highest BCUT2D eigenvalue weighted by molar-refractivity contribution is 6.22. The Labute approximate surface area is 171 Å². The molecule has 3 atom stereocenters. The van der Waals surface area contributed by atoms with E-state index in [9.17, 15) is 19.7 Å². The van der Waals surface area contributed by atoms with Gasteiger partial charge in [0, 0.05) is 19.2 Å². The van der Waals surface area contributed by atoms with Gasteiger partial charge < -0.3 is 4.90 Å². The van der Waals surface area contributed by atoms with E-state index in [1.165, 1.54) is 23.8 Å². The Hall–Kier alpha value is -2.44. The van der Waals surface area contributed by atoms with Gasteiger partial charge in [0.15, 0.2) is 0 Å². The molecule has 2 saturated carbocycles. The minimum absolute atomic E-state index is 0.0274. The summed E-state index contributed by atoms with van der Waals surface area (Å²) in [6, 6.07) is 4.84. The van der Waals surface area contributed by atoms with Gasteiger partial charge in [-0.1, -0.05) is 13.8 Å². The first-order valence-electron chi connectivity index (χ1n) is 10.8. The summed E-state index contributed by atoms with van der Waals surface area (Å²) in [5, 5.41) is 11.8. The van der Waals surface area contributed by atoms with Crippen molar-refractivity contribution >= 4 is 28.9 Å². The first-order valence-corrected chi connectivity index (χ1v) is 10.8. The number of amides is 2. The topological polar surface area (TPSA) is 83.8 Å². The van der Waals surface area contributed by atoms with E-state index in [0.717, 1.165) is 38.8 Å². The lowest BCUT2D eigenvalue weighted by Gasteiger charge is -2.25. The van der Waals surface area contributed by atoms with Gasteiger partial charge in [-0.2, -0.15) is 0 Å². The van der Waals surface area contributed by atoms with Crippen LogP contribution >= 0.6 is 0 Å². The van der Waals surface area contributed by atoms with E-state index < -0.39 is 4.92 Å². The molecule has 2 amide bonds. The van der Waals surface area contributed by atoms with E-state index in [1.807, 2.05) is 0 Å². The first-order chi connectivity index (χ1) is 13.9. The van der Waals surface area contributed by atoms with Crippen molar-refractivity contribution < 1.29 is 14.5 Å². The minimum atomic E-state index is -0.394. The summed E-state index contributed by atoms with van der Waals surface area (Å²) >= 11 is 0. The quantitative estimate of drug-likeness (QED) is 0.391. The van der Waals surface area contributed by atoms with Crippen LogP contribution in [0, 0.1) is 33.8 Å². The summed E-state index contributed by atoms with van der Waals surface area (Å²) < 4.78 is 0. The van der Waals surface area contributed by atoms with Gasteiger partial charge in [-0.05, 0) is 62.5 Å². The fourth-order valence-corrected chi connectivity index (χ4v) is 4.90. The minimum Gasteiger partial charge on any atom is -0.366 e. The number of hydrogen-bond acceptors (Lipinski definition) is 5. The molecule has 1 aromatic rings. The monoisotopic (exact) mass is 399 g/mol. The van der Waals surface area contributed by atoms with Crippen molar-refractivity contribution in [2.45, 2.75) is 52.4 Å². The predicted octanol–water partition coefficient (Wildman–Crippen LogP) is 4.15. The summed E-state index contributed by atoms with van der Waals surface area (Å²) in [7, 11) is 0. The Morgan fingerprint density at radius 2 is 1.86 bits per heavy atom. The summed E-state index contributed by atoms with van der Waals surface area (Å²) in [5.41, 5.74) is 0.887. The van der Waals surface area contributed by atoms with Gasteiger partial charge in [0.2, 0.25) is 11.8 Å². The van der Waals surface area contributed by atoms with E-state index >= 15 is 0 Å². The van der Waals surface area contributed by atoms with Gasteiger partial charge in [-0.25, -0.2) is 4.90 Å². The summed E-state index contributed by atoms with van der Waals surface area (Å²) in [6.45, 7) is 5.74. The summed E-state index contributed by atoms with van der Waals surface area (Å²) in [6.07, 6.45) is 5.63. The van der Waals surface area contributed by atoms with Gasteiger partial charge in [0.1, 0.15) is 5.69 Å². The molecule has 4 rings (SSSR count). The van der Waals surface area contributed by atoms with Gasteiger partial charge in [0.05, 0.1) is 22.4 Å². The second kappa shape index (κ2) is 7.76. The van der Waals surface area contributed by atoms with E-state index in [4.69, 9.17) is 0 Å². The van der Waals surface area contributed by atoms with Crippen LogP contribution in [0.15, 0.2) is 18.2 Å². The van der Waals surface area contributed by atoms with E-state index in [0.29, 0.717) is 23.2 Å². The van der Waals surface area contributed by atoms with Crippen LogP contribution in [0.3, 0.4) is 0 Å². The Morgan fingerprint density at radius 3 is 2.52 bits per heavy atom. The van der Waals surface area contributed by atoms with Crippen molar-refractivity contribution in [3.05, 3.63) is 28.3 Å². The molecule has 0 bridgehead atoms. The maximum Gasteiger partial charge on any atom is 0.294 e. The van der Waals surface area contributed by atoms with Crippen LogP contribution in [0.2, 0.25) is 0 Å². The molecule has 7 heteroatoms. The highest BCUT2D eigenvalue weighted by Gasteiger charge is 2.50. The molecule has 1 heterocycles. The zero-order chi connectivity index (χ0) is 20.7. The van der Waals surface area contributed by atoms with Crippen LogP contribution in [0.25, 0.3) is 0 Å². The number of hydrogen-bond donors (Lipinski definition) is 0. The zero-order valence-corrected chi connectivity index (χ0v) is 17.2. The average Bonchev–Trinajstić information content (AvgIpc) is 3.47. The van der Waals surface area contributed by atoms with Gasteiger partial charge in [-0.15, -0.1) is 0 Å². The van der Waals surface area contributed by atoms with Gasteiger partial charge in [0.25, 0.3) is 5.69 Å². The van der Waals surface area contributed by atoms with E-state index in [1.54, 1.807) is 12.1 Å². The van der Waals surface area contributed by atoms with Crippen LogP contribution in [0.1, 0.15) is 52.4 Å². The predicted molar refractivity (Wildman–Crippen MR) is 111 cm³/mol. The van der Waals surface area contributed by atoms with Crippen LogP contribution in [-0.2, 0) is 9.59 Å². The molecule has 0 N–H and O–H groups in total. The number of carbonyl (C=O) groups excluding carboxylic acids is 2. The molecular formula is C22H29N3O4. The lowest BCUT2D eigenvalue weighted by molar-refractivity contribution is -0.384. The molecule has 1 aromatic carbocycles. The molecule has 156 valence electrons. The van der Waals surface area contributed by atoms with Crippen molar-refractivity contribution in [2.75, 3.05) is 22.9 Å². The number of benzene rings is 1. The first kappa shape index (κ1) is 19.9. The molecule has 1 aliphatic heterocycles. The zero-order valence-electron chi connectivity index (χ0n) is 17.2. The van der Waals surface area contributed by atoms with Crippen LogP contribution in [0.5, 0.6) is 0 Å². The Morgan fingerprint density at radius 1 is 1.14 bits per heavy atom. The Balaban J connectivity index is 1.66. The third-order valence-corrected chi connectivity index (χ3v) is 6.61. The molecule has 3 aliphatic rings. The summed E-state index contributed by atoms with van der Waals surface area (Å²) in [5.74, 6) is 0.0806. The summed E-state index contributed by atoms with van der Waals surface area (Å²) in [4.78, 5) is 40.6. The number of nitrogens with zero attached hydrogens (tertiary/aromatic N) is 3. The lowest BCUT2D eigenvalue weighted by Crippen LogP contribution is -2.31. The Bertz CT molecular complexity index is 835.